The Morgan fingerprint density at radius 1 is 1.39 bits per heavy atom. The second kappa shape index (κ2) is 7.39. The van der Waals surface area contributed by atoms with Crippen molar-refractivity contribution in [3.05, 3.63) is 30.3 Å². The molecule has 2 atom stereocenters. The first-order valence-corrected chi connectivity index (χ1v) is 6.85. The summed E-state index contributed by atoms with van der Waals surface area (Å²) in [4.78, 5) is 0. The third-order valence-corrected chi connectivity index (χ3v) is 3.17. The SMILES string of the molecule is C[C@@H](CNC[C@H]1CCCO1)COc1ccccc1. The highest BCUT2D eigenvalue weighted by Crippen LogP contribution is 2.11. The van der Waals surface area contributed by atoms with Crippen molar-refractivity contribution in [2.45, 2.75) is 25.9 Å². The average molecular weight is 249 g/mol. The summed E-state index contributed by atoms with van der Waals surface area (Å²) in [6, 6.07) is 9.98. The topological polar surface area (TPSA) is 30.5 Å². The summed E-state index contributed by atoms with van der Waals surface area (Å²) in [5.74, 6) is 1.45. The number of ether oxygens (including phenoxy) is 2. The Labute approximate surface area is 109 Å². The van der Waals surface area contributed by atoms with E-state index < -0.39 is 0 Å². The molecule has 1 aliphatic rings. The minimum atomic E-state index is 0.423. The Balaban J connectivity index is 1.56. The van der Waals surface area contributed by atoms with Gasteiger partial charge in [-0.05, 0) is 25.0 Å². The van der Waals surface area contributed by atoms with Gasteiger partial charge in [-0.15, -0.1) is 0 Å². The molecule has 0 bridgehead atoms. The van der Waals surface area contributed by atoms with E-state index >= 15 is 0 Å². The maximum absolute atomic E-state index is 5.72. The average Bonchev–Trinajstić information content (AvgIpc) is 2.91. The molecule has 1 N–H and O–H groups in total. The molecular weight excluding hydrogens is 226 g/mol. The molecule has 0 radical (unpaired) electrons. The smallest absolute Gasteiger partial charge is 0.119 e. The molecule has 3 heteroatoms. The predicted octanol–water partition coefficient (Wildman–Crippen LogP) is 2.47. The van der Waals surface area contributed by atoms with E-state index in [0.717, 1.165) is 32.1 Å². The fraction of sp³-hybridized carbons (Fsp3) is 0.600. The van der Waals surface area contributed by atoms with Gasteiger partial charge >= 0.3 is 0 Å². The summed E-state index contributed by atoms with van der Waals surface area (Å²) in [5.41, 5.74) is 0. The van der Waals surface area contributed by atoms with Crippen molar-refractivity contribution in [1.29, 1.82) is 0 Å². The Morgan fingerprint density at radius 2 is 2.22 bits per heavy atom. The maximum atomic E-state index is 5.72. The van der Waals surface area contributed by atoms with Crippen molar-refractivity contribution in [3.63, 3.8) is 0 Å². The molecule has 100 valence electrons. The lowest BCUT2D eigenvalue weighted by atomic mass is 10.2. The Kier molecular flexibility index (Phi) is 5.49. The predicted molar refractivity (Wildman–Crippen MR) is 72.9 cm³/mol. The molecule has 0 unspecified atom stereocenters. The largest absolute Gasteiger partial charge is 0.493 e. The molecule has 2 rings (SSSR count). The third kappa shape index (κ3) is 4.67. The van der Waals surface area contributed by atoms with Crippen molar-refractivity contribution in [1.82, 2.24) is 5.32 Å². The van der Waals surface area contributed by atoms with Crippen LogP contribution in [0.3, 0.4) is 0 Å². The van der Waals surface area contributed by atoms with E-state index in [-0.39, 0.29) is 0 Å². The van der Waals surface area contributed by atoms with Crippen LogP contribution in [0.4, 0.5) is 0 Å². The zero-order chi connectivity index (χ0) is 12.6. The van der Waals surface area contributed by atoms with E-state index in [0.29, 0.717) is 12.0 Å². The van der Waals surface area contributed by atoms with Crippen LogP contribution in [0.25, 0.3) is 0 Å². The molecular formula is C15H23NO2. The number of para-hydroxylation sites is 1. The number of hydrogen-bond acceptors (Lipinski definition) is 3. The minimum absolute atomic E-state index is 0.423. The van der Waals surface area contributed by atoms with Crippen LogP contribution < -0.4 is 10.1 Å². The lowest BCUT2D eigenvalue weighted by molar-refractivity contribution is 0.108. The summed E-state index contributed by atoms with van der Waals surface area (Å²) >= 11 is 0. The monoisotopic (exact) mass is 249 g/mol. The standard InChI is InChI=1S/C15H23NO2/c1-13(10-16-11-15-8-5-9-17-15)12-18-14-6-3-2-4-7-14/h2-4,6-7,13,15-16H,5,8-12H2,1H3/t13-,15+/m0/s1. The van der Waals surface area contributed by atoms with E-state index in [4.69, 9.17) is 9.47 Å². The minimum Gasteiger partial charge on any atom is -0.493 e. The van der Waals surface area contributed by atoms with Gasteiger partial charge < -0.3 is 14.8 Å². The summed E-state index contributed by atoms with van der Waals surface area (Å²) in [7, 11) is 0. The fourth-order valence-corrected chi connectivity index (χ4v) is 2.11. The van der Waals surface area contributed by atoms with Gasteiger partial charge in [-0.2, -0.15) is 0 Å². The Morgan fingerprint density at radius 3 is 2.94 bits per heavy atom. The molecule has 0 saturated carbocycles. The van der Waals surface area contributed by atoms with Gasteiger partial charge in [0.1, 0.15) is 5.75 Å². The second-order valence-corrected chi connectivity index (χ2v) is 5.02. The van der Waals surface area contributed by atoms with Gasteiger partial charge in [0.2, 0.25) is 0 Å². The zero-order valence-corrected chi connectivity index (χ0v) is 11.1. The molecule has 1 aromatic rings. The van der Waals surface area contributed by atoms with Gasteiger partial charge in [0, 0.05) is 25.6 Å². The van der Waals surface area contributed by atoms with Crippen LogP contribution in [0, 0.1) is 5.92 Å². The van der Waals surface area contributed by atoms with Crippen molar-refractivity contribution in [2.75, 3.05) is 26.3 Å². The first-order valence-electron chi connectivity index (χ1n) is 6.85. The molecule has 0 amide bonds. The molecule has 1 aliphatic heterocycles. The Hall–Kier alpha value is -1.06. The van der Waals surface area contributed by atoms with E-state index in [1.165, 1.54) is 12.8 Å². The molecule has 1 heterocycles. The molecule has 18 heavy (non-hydrogen) atoms. The van der Waals surface area contributed by atoms with Crippen molar-refractivity contribution in [2.24, 2.45) is 5.92 Å². The highest BCUT2D eigenvalue weighted by atomic mass is 16.5. The second-order valence-electron chi connectivity index (χ2n) is 5.02. The summed E-state index contributed by atoms with van der Waals surface area (Å²) < 4.78 is 11.3. The van der Waals surface area contributed by atoms with Crippen molar-refractivity contribution < 1.29 is 9.47 Å². The van der Waals surface area contributed by atoms with Crippen LogP contribution in [-0.2, 0) is 4.74 Å². The van der Waals surface area contributed by atoms with Gasteiger partial charge in [-0.3, -0.25) is 0 Å². The number of hydrogen-bond donors (Lipinski definition) is 1. The summed E-state index contributed by atoms with van der Waals surface area (Å²) in [5, 5.41) is 3.46. The van der Waals surface area contributed by atoms with Gasteiger partial charge in [0.25, 0.3) is 0 Å². The molecule has 1 fully saturated rings. The number of nitrogens with one attached hydrogen (secondary N) is 1. The van der Waals surface area contributed by atoms with Crippen LogP contribution in [-0.4, -0.2) is 32.4 Å². The quantitative estimate of drug-likeness (QED) is 0.805. The number of rotatable bonds is 7. The van der Waals surface area contributed by atoms with Gasteiger partial charge in [-0.25, -0.2) is 0 Å². The van der Waals surface area contributed by atoms with Crippen LogP contribution in [0.15, 0.2) is 30.3 Å². The van der Waals surface area contributed by atoms with Crippen molar-refractivity contribution in [3.8, 4) is 5.75 Å². The maximum Gasteiger partial charge on any atom is 0.119 e. The van der Waals surface area contributed by atoms with Gasteiger partial charge in [0.05, 0.1) is 12.7 Å². The normalized spacial score (nSPS) is 20.8. The first-order chi connectivity index (χ1) is 8.84. The zero-order valence-electron chi connectivity index (χ0n) is 11.1. The summed E-state index contributed by atoms with van der Waals surface area (Å²) in [6.45, 7) is 5.83. The van der Waals surface area contributed by atoms with E-state index in [1.807, 2.05) is 30.3 Å². The van der Waals surface area contributed by atoms with Crippen LogP contribution >= 0.6 is 0 Å². The highest BCUT2D eigenvalue weighted by molar-refractivity contribution is 5.20. The van der Waals surface area contributed by atoms with Gasteiger partial charge in [0.15, 0.2) is 0 Å². The highest BCUT2D eigenvalue weighted by Gasteiger charge is 2.14. The van der Waals surface area contributed by atoms with Crippen LogP contribution in [0.5, 0.6) is 5.75 Å². The van der Waals surface area contributed by atoms with Gasteiger partial charge in [-0.1, -0.05) is 25.1 Å². The van der Waals surface area contributed by atoms with Crippen LogP contribution in [0.2, 0.25) is 0 Å². The van der Waals surface area contributed by atoms with E-state index in [1.54, 1.807) is 0 Å². The molecule has 1 aromatic carbocycles. The number of benzene rings is 1. The first kappa shape index (κ1) is 13.4. The van der Waals surface area contributed by atoms with E-state index in [2.05, 4.69) is 12.2 Å². The lowest BCUT2D eigenvalue weighted by Crippen LogP contribution is -2.31. The fourth-order valence-electron chi connectivity index (χ4n) is 2.11. The third-order valence-electron chi connectivity index (χ3n) is 3.17. The summed E-state index contributed by atoms with van der Waals surface area (Å²) in [6.07, 6.45) is 2.83. The molecule has 3 nitrogen and oxygen atoms in total. The molecule has 0 aliphatic carbocycles. The molecule has 0 aromatic heterocycles. The van der Waals surface area contributed by atoms with E-state index in [9.17, 15) is 0 Å². The molecule has 1 saturated heterocycles. The van der Waals surface area contributed by atoms with Crippen molar-refractivity contribution >= 4 is 0 Å². The van der Waals surface area contributed by atoms with Crippen LogP contribution in [0.1, 0.15) is 19.8 Å². The Bertz CT molecular complexity index is 323. The molecule has 0 spiro atoms. The lowest BCUT2D eigenvalue weighted by Gasteiger charge is -2.16.